The lowest BCUT2D eigenvalue weighted by atomic mass is 9.86. The second-order valence-corrected chi connectivity index (χ2v) is 9.45. The van der Waals surface area contributed by atoms with Crippen LogP contribution < -0.4 is 9.47 Å². The van der Waals surface area contributed by atoms with Crippen molar-refractivity contribution in [3.05, 3.63) is 59.3 Å². The summed E-state index contributed by atoms with van der Waals surface area (Å²) in [5.41, 5.74) is 3.90. The number of rotatable bonds is 5. The van der Waals surface area contributed by atoms with E-state index in [0.29, 0.717) is 24.5 Å². The summed E-state index contributed by atoms with van der Waals surface area (Å²) >= 11 is 0. The zero-order valence-corrected chi connectivity index (χ0v) is 20.0. The highest BCUT2D eigenvalue weighted by Crippen LogP contribution is 2.44. The largest absolute Gasteiger partial charge is 0.493 e. The number of benzene rings is 2. The quantitative estimate of drug-likeness (QED) is 0.613. The summed E-state index contributed by atoms with van der Waals surface area (Å²) in [5.74, 6) is 1.13. The van der Waals surface area contributed by atoms with Gasteiger partial charge in [0.1, 0.15) is 6.04 Å². The summed E-state index contributed by atoms with van der Waals surface area (Å²) in [5, 5.41) is 1.09. The molecule has 2 aromatic carbocycles. The number of nitrogens with zero attached hydrogens (tertiary/aromatic N) is 2. The predicted molar refractivity (Wildman–Crippen MR) is 130 cm³/mol. The molecule has 6 rings (SSSR count). The Labute approximate surface area is 203 Å². The number of nitrogens with one attached hydrogen (secondary N) is 1. The van der Waals surface area contributed by atoms with Gasteiger partial charge in [-0.2, -0.15) is 0 Å². The number of aromatic amines is 1. The number of para-hydroxylation sites is 1. The maximum atomic E-state index is 13.8. The number of carbonyl (C=O) groups excluding carboxylic acids is 2. The number of methoxy groups -OCH3 is 2. The van der Waals surface area contributed by atoms with Gasteiger partial charge in [-0.3, -0.25) is 9.59 Å². The van der Waals surface area contributed by atoms with Crippen molar-refractivity contribution in [2.45, 2.75) is 37.5 Å². The van der Waals surface area contributed by atoms with E-state index in [1.807, 2.05) is 36.4 Å². The Kier molecular flexibility index (Phi) is 5.40. The normalized spacial score (nSPS) is 24.0. The van der Waals surface area contributed by atoms with Crippen LogP contribution in [0.1, 0.15) is 35.7 Å². The fourth-order valence-electron chi connectivity index (χ4n) is 5.88. The number of fused-ring (bicyclic) bond motifs is 4. The smallest absolute Gasteiger partial charge is 0.246 e. The van der Waals surface area contributed by atoms with Gasteiger partial charge >= 0.3 is 0 Å². The number of ether oxygens (including phenoxy) is 3. The van der Waals surface area contributed by atoms with Gasteiger partial charge in [-0.15, -0.1) is 0 Å². The topological polar surface area (TPSA) is 84.1 Å². The Balaban J connectivity index is 1.46. The minimum atomic E-state index is -0.567. The van der Waals surface area contributed by atoms with Crippen molar-refractivity contribution in [2.24, 2.45) is 0 Å². The molecule has 4 heterocycles. The third-order valence-electron chi connectivity index (χ3n) is 7.51. The number of aromatic nitrogens is 1. The molecule has 35 heavy (non-hydrogen) atoms. The van der Waals surface area contributed by atoms with E-state index in [2.05, 4.69) is 11.1 Å². The highest BCUT2D eigenvalue weighted by molar-refractivity contribution is 5.97. The molecule has 1 N–H and O–H groups in total. The fourth-order valence-corrected chi connectivity index (χ4v) is 5.88. The number of amides is 2. The Morgan fingerprint density at radius 3 is 2.69 bits per heavy atom. The first-order valence-electron chi connectivity index (χ1n) is 12.1. The second kappa shape index (κ2) is 8.61. The van der Waals surface area contributed by atoms with Crippen LogP contribution in [0.3, 0.4) is 0 Å². The van der Waals surface area contributed by atoms with E-state index in [1.165, 1.54) is 0 Å². The van der Waals surface area contributed by atoms with Crippen LogP contribution in [-0.2, 0) is 20.7 Å². The van der Waals surface area contributed by atoms with Crippen LogP contribution in [0.5, 0.6) is 11.5 Å². The number of hydrogen-bond acceptors (Lipinski definition) is 5. The summed E-state index contributed by atoms with van der Waals surface area (Å²) in [4.78, 5) is 34.5. The van der Waals surface area contributed by atoms with Crippen LogP contribution >= 0.6 is 0 Å². The van der Waals surface area contributed by atoms with Crippen LogP contribution in [0.4, 0.5) is 0 Å². The zero-order valence-electron chi connectivity index (χ0n) is 20.0. The highest BCUT2D eigenvalue weighted by atomic mass is 16.5. The van der Waals surface area contributed by atoms with Crippen molar-refractivity contribution in [2.75, 3.05) is 33.9 Å². The highest BCUT2D eigenvalue weighted by Gasteiger charge is 2.48. The SMILES string of the molecule is COc1ccc([C@H]2c3[nH]c4ccccc4c3C[C@H]3C(=O)N(C[C@H]4CCCO4)CC(=O)N23)cc1OC. The van der Waals surface area contributed by atoms with Gasteiger partial charge < -0.3 is 29.0 Å². The summed E-state index contributed by atoms with van der Waals surface area (Å²) < 4.78 is 16.8. The van der Waals surface area contributed by atoms with Crippen LogP contribution in [0.2, 0.25) is 0 Å². The molecule has 2 amide bonds. The average Bonchev–Trinajstić information content (AvgIpc) is 3.53. The van der Waals surface area contributed by atoms with Crippen molar-refractivity contribution in [3.63, 3.8) is 0 Å². The van der Waals surface area contributed by atoms with Gasteiger partial charge in [-0.1, -0.05) is 24.3 Å². The van der Waals surface area contributed by atoms with Gasteiger partial charge in [0.25, 0.3) is 0 Å². The molecular weight excluding hydrogens is 446 g/mol. The Hall–Kier alpha value is -3.52. The molecule has 3 atom stereocenters. The van der Waals surface area contributed by atoms with Crippen molar-refractivity contribution in [1.82, 2.24) is 14.8 Å². The van der Waals surface area contributed by atoms with E-state index < -0.39 is 12.1 Å². The van der Waals surface area contributed by atoms with Gasteiger partial charge in [0.15, 0.2) is 11.5 Å². The molecule has 0 bridgehead atoms. The molecule has 3 aromatic rings. The Morgan fingerprint density at radius 2 is 1.91 bits per heavy atom. The molecule has 3 aliphatic rings. The van der Waals surface area contributed by atoms with Gasteiger partial charge in [-0.05, 0) is 42.2 Å². The first kappa shape index (κ1) is 22.0. The Morgan fingerprint density at radius 1 is 1.09 bits per heavy atom. The van der Waals surface area contributed by atoms with E-state index >= 15 is 0 Å². The monoisotopic (exact) mass is 475 g/mol. The second-order valence-electron chi connectivity index (χ2n) is 9.45. The van der Waals surface area contributed by atoms with Gasteiger partial charge in [0.05, 0.1) is 32.9 Å². The third-order valence-corrected chi connectivity index (χ3v) is 7.51. The molecule has 8 heteroatoms. The number of H-pyrrole nitrogens is 1. The lowest BCUT2D eigenvalue weighted by molar-refractivity contribution is -0.159. The summed E-state index contributed by atoms with van der Waals surface area (Å²) in [6.07, 6.45) is 2.41. The first-order valence-corrected chi connectivity index (χ1v) is 12.1. The van der Waals surface area contributed by atoms with Crippen molar-refractivity contribution in [1.29, 1.82) is 0 Å². The lowest BCUT2D eigenvalue weighted by Crippen LogP contribution is -2.63. The average molecular weight is 476 g/mol. The van der Waals surface area contributed by atoms with Gasteiger partial charge in [-0.25, -0.2) is 0 Å². The molecule has 0 unspecified atom stereocenters. The van der Waals surface area contributed by atoms with Crippen molar-refractivity contribution < 1.29 is 23.8 Å². The Bertz CT molecular complexity index is 1300. The summed E-state index contributed by atoms with van der Waals surface area (Å²) in [6, 6.07) is 12.8. The predicted octanol–water partition coefficient (Wildman–Crippen LogP) is 3.05. The zero-order chi connectivity index (χ0) is 24.1. The fraction of sp³-hybridized carbons (Fsp3) is 0.407. The molecule has 0 spiro atoms. The molecule has 1 aromatic heterocycles. The maximum absolute atomic E-state index is 13.8. The van der Waals surface area contributed by atoms with Crippen molar-refractivity contribution >= 4 is 22.7 Å². The van der Waals surface area contributed by atoms with Crippen molar-refractivity contribution in [3.8, 4) is 11.5 Å². The molecule has 0 saturated carbocycles. The molecule has 0 aliphatic carbocycles. The van der Waals surface area contributed by atoms with E-state index in [0.717, 1.165) is 47.2 Å². The van der Waals surface area contributed by atoms with E-state index in [1.54, 1.807) is 24.0 Å². The van der Waals surface area contributed by atoms with Gasteiger partial charge in [0.2, 0.25) is 11.8 Å². The molecule has 2 saturated heterocycles. The molecule has 182 valence electrons. The molecule has 0 radical (unpaired) electrons. The standard InChI is InChI=1S/C27H29N3O5/c1-33-22-10-9-16(12-23(22)34-2)26-25-19(18-7-3-4-8-20(18)28-25)13-21-27(32)29(15-24(31)30(21)26)14-17-6-5-11-35-17/h3-4,7-10,12,17,21,26,28H,5-6,11,13-15H2,1-2H3/t17-,21+,26+/m1/s1. The number of hydrogen-bond donors (Lipinski definition) is 1. The van der Waals surface area contributed by atoms with Crippen LogP contribution in [0, 0.1) is 0 Å². The molecule has 3 aliphatic heterocycles. The van der Waals surface area contributed by atoms with E-state index in [-0.39, 0.29) is 24.5 Å². The third kappa shape index (κ3) is 3.55. The minimum absolute atomic E-state index is 0.00665. The van der Waals surface area contributed by atoms with Gasteiger partial charge in [0, 0.05) is 36.2 Å². The minimum Gasteiger partial charge on any atom is -0.493 e. The first-order chi connectivity index (χ1) is 17.1. The number of carbonyl (C=O) groups is 2. The summed E-state index contributed by atoms with van der Waals surface area (Å²) in [7, 11) is 3.19. The molecule has 2 fully saturated rings. The van der Waals surface area contributed by atoms with Crippen LogP contribution in [0.25, 0.3) is 10.9 Å². The molecule has 8 nitrogen and oxygen atoms in total. The molecular formula is C27H29N3O5. The van der Waals surface area contributed by atoms with E-state index in [9.17, 15) is 9.59 Å². The van der Waals surface area contributed by atoms with Crippen LogP contribution in [0.15, 0.2) is 42.5 Å². The lowest BCUT2D eigenvalue weighted by Gasteiger charge is -2.47. The summed E-state index contributed by atoms with van der Waals surface area (Å²) in [6.45, 7) is 1.25. The maximum Gasteiger partial charge on any atom is 0.246 e. The number of piperazine rings is 1. The van der Waals surface area contributed by atoms with Crippen LogP contribution in [-0.4, -0.2) is 72.7 Å². The van der Waals surface area contributed by atoms with E-state index in [4.69, 9.17) is 14.2 Å².